The zero-order valence-electron chi connectivity index (χ0n) is 16.0. The fourth-order valence-corrected chi connectivity index (χ4v) is 10.7. The highest BCUT2D eigenvalue weighted by atomic mass is 31.1. The van der Waals surface area contributed by atoms with E-state index < -0.39 is 0 Å². The molecular formula is C22H41P. The maximum absolute atomic E-state index is 2.45. The molecule has 0 unspecified atom stereocenters. The first-order chi connectivity index (χ1) is 11.3. The van der Waals surface area contributed by atoms with Gasteiger partial charge in [-0.1, -0.05) is 73.1 Å². The van der Waals surface area contributed by atoms with Gasteiger partial charge in [0.05, 0.1) is 0 Å². The third-order valence-corrected chi connectivity index (χ3v) is 12.0. The van der Waals surface area contributed by atoms with Crippen molar-refractivity contribution in [2.45, 2.75) is 134 Å². The molecule has 23 heavy (non-hydrogen) atoms. The molecule has 3 aliphatic rings. The van der Waals surface area contributed by atoms with Crippen LogP contribution >= 0.6 is 7.92 Å². The Labute approximate surface area is 147 Å². The monoisotopic (exact) mass is 336 g/mol. The Kier molecular flexibility index (Phi) is 6.89. The molecule has 0 atom stereocenters. The van der Waals surface area contributed by atoms with E-state index in [1.54, 1.807) is 77.0 Å². The summed E-state index contributed by atoms with van der Waals surface area (Å²) in [5.41, 5.74) is 4.23. The Balaban J connectivity index is 1.68. The summed E-state index contributed by atoms with van der Waals surface area (Å²) in [5.74, 6) is 0. The fraction of sp³-hybridized carbons (Fsp3) is 1.00. The quantitative estimate of drug-likeness (QED) is 0.448. The molecule has 0 saturated heterocycles. The van der Waals surface area contributed by atoms with Crippen molar-refractivity contribution in [3.63, 3.8) is 0 Å². The van der Waals surface area contributed by atoms with Crippen LogP contribution in [0.3, 0.4) is 0 Å². The molecule has 0 N–H and O–H groups in total. The highest BCUT2D eigenvalue weighted by molar-refractivity contribution is 7.60. The summed E-state index contributed by atoms with van der Waals surface area (Å²) in [6, 6.07) is 0. The van der Waals surface area contributed by atoms with E-state index in [9.17, 15) is 0 Å². The second-order valence-corrected chi connectivity index (χ2v) is 12.1. The summed E-state index contributed by atoms with van der Waals surface area (Å²) in [7, 11) is 0.333. The van der Waals surface area contributed by atoms with Gasteiger partial charge >= 0.3 is 0 Å². The molecule has 3 saturated carbocycles. The number of rotatable bonds is 5. The minimum atomic E-state index is 0.333. The van der Waals surface area contributed by atoms with Crippen LogP contribution in [0.5, 0.6) is 0 Å². The smallest absolute Gasteiger partial charge is 0.0204 e. The first-order valence-electron chi connectivity index (χ1n) is 11.1. The molecule has 3 fully saturated rings. The zero-order valence-corrected chi connectivity index (χ0v) is 16.9. The molecule has 0 aromatic heterocycles. The largest absolute Gasteiger partial charge is 0.0971 e. The van der Waals surface area contributed by atoms with Crippen molar-refractivity contribution >= 4 is 7.92 Å². The molecular weight excluding hydrogens is 295 g/mol. The molecule has 134 valence electrons. The number of hydrogen-bond donors (Lipinski definition) is 0. The zero-order chi connectivity index (χ0) is 16.1. The van der Waals surface area contributed by atoms with Crippen LogP contribution in [0.1, 0.15) is 117 Å². The minimum Gasteiger partial charge on any atom is -0.0971 e. The molecule has 0 aromatic rings. The van der Waals surface area contributed by atoms with Gasteiger partial charge < -0.3 is 0 Å². The van der Waals surface area contributed by atoms with Crippen molar-refractivity contribution in [1.82, 2.24) is 0 Å². The van der Waals surface area contributed by atoms with Crippen molar-refractivity contribution in [2.24, 2.45) is 5.41 Å². The van der Waals surface area contributed by atoms with E-state index in [1.807, 2.05) is 0 Å². The maximum Gasteiger partial charge on any atom is -0.0204 e. The lowest BCUT2D eigenvalue weighted by Gasteiger charge is -2.48. The van der Waals surface area contributed by atoms with E-state index >= 15 is 0 Å². The molecule has 0 bridgehead atoms. The minimum absolute atomic E-state index is 0.333. The van der Waals surface area contributed by atoms with E-state index in [0.29, 0.717) is 7.92 Å². The van der Waals surface area contributed by atoms with Crippen molar-refractivity contribution in [1.29, 1.82) is 0 Å². The second kappa shape index (κ2) is 8.69. The third kappa shape index (κ3) is 4.34. The van der Waals surface area contributed by atoms with Gasteiger partial charge in [0.15, 0.2) is 0 Å². The predicted molar refractivity (Wildman–Crippen MR) is 106 cm³/mol. The van der Waals surface area contributed by atoms with Gasteiger partial charge in [-0.2, -0.15) is 0 Å². The van der Waals surface area contributed by atoms with Crippen molar-refractivity contribution < 1.29 is 0 Å². The fourth-order valence-electron chi connectivity index (χ4n) is 6.12. The van der Waals surface area contributed by atoms with Crippen LogP contribution < -0.4 is 0 Å². The Morgan fingerprint density at radius 3 is 1.39 bits per heavy atom. The van der Waals surface area contributed by atoms with Crippen molar-refractivity contribution in [3.05, 3.63) is 0 Å². The molecule has 3 rings (SSSR count). The van der Waals surface area contributed by atoms with Gasteiger partial charge in [0, 0.05) is 0 Å². The normalized spacial score (nSPS) is 28.3. The van der Waals surface area contributed by atoms with Crippen LogP contribution in [-0.4, -0.2) is 17.0 Å². The van der Waals surface area contributed by atoms with Gasteiger partial charge in [-0.15, -0.1) is 0 Å². The van der Waals surface area contributed by atoms with Gasteiger partial charge in [-0.25, -0.2) is 0 Å². The predicted octanol–water partition coefficient (Wildman–Crippen LogP) is 7.88. The topological polar surface area (TPSA) is 0 Å². The summed E-state index contributed by atoms with van der Waals surface area (Å²) >= 11 is 0. The van der Waals surface area contributed by atoms with E-state index in [4.69, 9.17) is 0 Å². The lowest BCUT2D eigenvalue weighted by molar-refractivity contribution is 0.175. The first-order valence-corrected chi connectivity index (χ1v) is 12.6. The summed E-state index contributed by atoms with van der Waals surface area (Å²) in [5, 5.41) is 0. The first kappa shape index (κ1) is 18.2. The Morgan fingerprint density at radius 1 is 0.609 bits per heavy atom. The van der Waals surface area contributed by atoms with Crippen LogP contribution in [0.15, 0.2) is 0 Å². The summed E-state index contributed by atoms with van der Waals surface area (Å²) in [6.45, 7) is 4.91. The van der Waals surface area contributed by atoms with Gasteiger partial charge in [0.1, 0.15) is 0 Å². The van der Waals surface area contributed by atoms with Gasteiger partial charge in [-0.05, 0) is 73.8 Å². The third-order valence-electron chi connectivity index (χ3n) is 7.93. The van der Waals surface area contributed by atoms with Crippen LogP contribution in [0, 0.1) is 5.41 Å². The van der Waals surface area contributed by atoms with E-state index in [0.717, 1.165) is 11.1 Å². The summed E-state index contributed by atoms with van der Waals surface area (Å²) in [6.07, 6.45) is 24.9. The molecule has 0 radical (unpaired) electrons. The lowest BCUT2D eigenvalue weighted by atomic mass is 9.70. The summed E-state index contributed by atoms with van der Waals surface area (Å²) in [4.78, 5) is 0. The maximum atomic E-state index is 2.45. The van der Waals surface area contributed by atoms with E-state index in [1.165, 1.54) is 37.0 Å². The molecule has 1 heteroatoms. The Morgan fingerprint density at radius 2 is 1.00 bits per heavy atom. The molecule has 3 aliphatic carbocycles. The average molecular weight is 337 g/mol. The van der Waals surface area contributed by atoms with Gasteiger partial charge in [-0.3, -0.25) is 0 Å². The SMILES string of the molecule is CCC1(CC)CCC(P(C2CCCCC2)C2CCCCC2)CC1. The molecule has 0 heterocycles. The average Bonchev–Trinajstić information content (AvgIpc) is 2.65. The van der Waals surface area contributed by atoms with Crippen LogP contribution in [0.4, 0.5) is 0 Å². The van der Waals surface area contributed by atoms with Crippen LogP contribution in [-0.2, 0) is 0 Å². The molecule has 0 amide bonds. The van der Waals surface area contributed by atoms with Gasteiger partial charge in [0.2, 0.25) is 0 Å². The number of hydrogen-bond acceptors (Lipinski definition) is 0. The van der Waals surface area contributed by atoms with E-state index in [-0.39, 0.29) is 0 Å². The van der Waals surface area contributed by atoms with Crippen LogP contribution in [0.2, 0.25) is 0 Å². The Bertz CT molecular complexity index is 306. The van der Waals surface area contributed by atoms with Gasteiger partial charge in [0.25, 0.3) is 0 Å². The van der Waals surface area contributed by atoms with Crippen molar-refractivity contribution in [3.8, 4) is 0 Å². The highest BCUT2D eigenvalue weighted by Crippen LogP contribution is 2.63. The van der Waals surface area contributed by atoms with E-state index in [2.05, 4.69) is 13.8 Å². The molecule has 0 aromatic carbocycles. The standard InChI is InChI=1S/C22H41P/c1-3-22(4-2)17-15-21(16-18-22)23(19-11-7-5-8-12-19)20-13-9-6-10-14-20/h19-21H,3-18H2,1-2H3. The molecule has 0 spiro atoms. The second-order valence-electron chi connectivity index (χ2n) is 8.97. The Hall–Kier alpha value is 0.430. The highest BCUT2D eigenvalue weighted by Gasteiger charge is 2.40. The van der Waals surface area contributed by atoms with Crippen molar-refractivity contribution in [2.75, 3.05) is 0 Å². The molecule has 0 aliphatic heterocycles. The lowest BCUT2D eigenvalue weighted by Crippen LogP contribution is -2.33. The molecule has 0 nitrogen and oxygen atoms in total. The summed E-state index contributed by atoms with van der Waals surface area (Å²) < 4.78 is 0. The van der Waals surface area contributed by atoms with Crippen LogP contribution in [0.25, 0.3) is 0 Å².